The number of fused-ring (bicyclic) bond motifs is 1. The van der Waals surface area contributed by atoms with Gasteiger partial charge < -0.3 is 9.64 Å². The topological polar surface area (TPSA) is 46.6 Å². The van der Waals surface area contributed by atoms with Gasteiger partial charge in [-0.05, 0) is 30.7 Å². The van der Waals surface area contributed by atoms with Crippen molar-refractivity contribution in [1.82, 2.24) is 0 Å². The fraction of sp³-hybridized carbons (Fsp3) is 0.200. The number of hydrogen-bond acceptors (Lipinski definition) is 5. The predicted molar refractivity (Wildman–Crippen MR) is 100 cm³/mol. The number of nitrogens with zero attached hydrogens (tertiary/aromatic N) is 1. The predicted octanol–water partition coefficient (Wildman–Crippen LogP) is 4.52. The highest BCUT2D eigenvalue weighted by atomic mass is 32.2. The van der Waals surface area contributed by atoms with Crippen LogP contribution in [0.5, 0.6) is 0 Å². The number of thioether (sulfide) groups is 1. The highest BCUT2D eigenvalue weighted by molar-refractivity contribution is 8.03. The zero-order chi connectivity index (χ0) is 17.8. The minimum Gasteiger partial charge on any atom is -0.465 e. The van der Waals surface area contributed by atoms with Crippen LogP contribution in [0, 0.1) is 0 Å². The Morgan fingerprint density at radius 3 is 2.44 bits per heavy atom. The summed E-state index contributed by atoms with van der Waals surface area (Å²) >= 11 is 1.61. The number of rotatable bonds is 5. The Labute approximate surface area is 151 Å². The van der Waals surface area contributed by atoms with Crippen molar-refractivity contribution in [2.45, 2.75) is 18.2 Å². The largest absolute Gasteiger partial charge is 0.465 e. The van der Waals surface area contributed by atoms with E-state index in [1.54, 1.807) is 42.1 Å². The summed E-state index contributed by atoms with van der Waals surface area (Å²) in [5, 5.41) is 0.935. The van der Waals surface area contributed by atoms with Crippen LogP contribution in [0.1, 0.15) is 34.1 Å². The van der Waals surface area contributed by atoms with Crippen LogP contribution in [0.4, 0.5) is 5.69 Å². The molecule has 0 spiro atoms. The molecule has 0 aliphatic carbocycles. The molecule has 4 nitrogen and oxygen atoms in total. The number of esters is 1. The van der Waals surface area contributed by atoms with E-state index in [1.165, 1.54) is 7.11 Å². The molecular weight excluding hydrogens is 334 g/mol. The van der Waals surface area contributed by atoms with Crippen LogP contribution in [-0.4, -0.2) is 25.4 Å². The smallest absolute Gasteiger partial charge is 0.337 e. The first kappa shape index (κ1) is 17.3. The molecule has 0 saturated heterocycles. The Hall–Kier alpha value is -2.53. The van der Waals surface area contributed by atoms with Gasteiger partial charge in [0, 0.05) is 23.1 Å². The maximum absolute atomic E-state index is 12.6. The summed E-state index contributed by atoms with van der Waals surface area (Å²) in [7, 11) is 1.34. The Balaban J connectivity index is 1.84. The van der Waals surface area contributed by atoms with Crippen molar-refractivity contribution >= 4 is 29.2 Å². The molecule has 0 atom stereocenters. The maximum Gasteiger partial charge on any atom is 0.337 e. The summed E-state index contributed by atoms with van der Waals surface area (Å²) in [6.07, 6.45) is 2.67. The molecule has 3 rings (SSSR count). The molecule has 0 radical (unpaired) electrons. The van der Waals surface area contributed by atoms with Crippen molar-refractivity contribution in [3.05, 3.63) is 70.8 Å². The Morgan fingerprint density at radius 1 is 1.08 bits per heavy atom. The summed E-state index contributed by atoms with van der Waals surface area (Å²) in [6, 6.07) is 14.7. The van der Waals surface area contributed by atoms with Crippen LogP contribution in [0.2, 0.25) is 0 Å². The second kappa shape index (κ2) is 7.57. The zero-order valence-electron chi connectivity index (χ0n) is 14.2. The molecule has 0 fully saturated rings. The summed E-state index contributed by atoms with van der Waals surface area (Å²) < 4.78 is 4.68. The number of ether oxygens (including phenoxy) is 1. The van der Waals surface area contributed by atoms with Crippen molar-refractivity contribution in [2.75, 3.05) is 18.6 Å². The number of carbonyl (C=O) groups excluding carboxylic acids is 2. The van der Waals surface area contributed by atoms with Crippen LogP contribution in [0.25, 0.3) is 0 Å². The normalized spacial score (nSPS) is 14.5. The van der Waals surface area contributed by atoms with E-state index in [1.807, 2.05) is 12.1 Å². The van der Waals surface area contributed by atoms with Crippen LogP contribution in [-0.2, 0) is 4.74 Å². The van der Waals surface area contributed by atoms with E-state index in [0.29, 0.717) is 11.1 Å². The molecule has 0 bridgehead atoms. The molecule has 25 heavy (non-hydrogen) atoms. The van der Waals surface area contributed by atoms with Gasteiger partial charge in [0.05, 0.1) is 23.4 Å². The van der Waals surface area contributed by atoms with Crippen LogP contribution in [0.3, 0.4) is 0 Å². The van der Waals surface area contributed by atoms with Gasteiger partial charge >= 0.3 is 5.97 Å². The summed E-state index contributed by atoms with van der Waals surface area (Å²) in [6.45, 7) is 2.99. The van der Waals surface area contributed by atoms with E-state index < -0.39 is 5.97 Å². The third kappa shape index (κ3) is 3.61. The van der Waals surface area contributed by atoms with Crippen molar-refractivity contribution in [2.24, 2.45) is 0 Å². The monoisotopic (exact) mass is 353 g/mol. The van der Waals surface area contributed by atoms with Gasteiger partial charge in [-0.15, -0.1) is 0 Å². The van der Waals surface area contributed by atoms with Gasteiger partial charge in [0.2, 0.25) is 0 Å². The number of carbonyl (C=O) groups is 2. The molecule has 5 heteroatoms. The number of hydrogen-bond donors (Lipinski definition) is 0. The summed E-state index contributed by atoms with van der Waals surface area (Å²) in [5.74, 6) is -0.485. The molecule has 1 aliphatic rings. The first-order valence-corrected chi connectivity index (χ1v) is 8.94. The second-order valence-corrected chi connectivity index (χ2v) is 6.70. The molecule has 1 aliphatic heterocycles. The van der Waals surface area contributed by atoms with Gasteiger partial charge in [0.1, 0.15) is 0 Å². The van der Waals surface area contributed by atoms with Gasteiger partial charge in [-0.1, -0.05) is 43.0 Å². The van der Waals surface area contributed by atoms with E-state index in [9.17, 15) is 9.59 Å². The first-order chi connectivity index (χ1) is 12.1. The van der Waals surface area contributed by atoms with E-state index in [4.69, 9.17) is 0 Å². The fourth-order valence-electron chi connectivity index (χ4n) is 2.70. The minimum absolute atomic E-state index is 0.0761. The highest BCUT2D eigenvalue weighted by Crippen LogP contribution is 2.45. The lowest BCUT2D eigenvalue weighted by molar-refractivity contribution is 0.0600. The fourth-order valence-corrected chi connectivity index (χ4v) is 3.82. The highest BCUT2D eigenvalue weighted by Gasteiger charge is 2.24. The molecule has 2 aromatic rings. The van der Waals surface area contributed by atoms with Gasteiger partial charge in [0.25, 0.3) is 0 Å². The van der Waals surface area contributed by atoms with Crippen molar-refractivity contribution < 1.29 is 14.3 Å². The van der Waals surface area contributed by atoms with E-state index in [0.717, 1.165) is 28.6 Å². The number of para-hydroxylation sites is 1. The Morgan fingerprint density at radius 2 is 1.76 bits per heavy atom. The van der Waals surface area contributed by atoms with Crippen LogP contribution >= 0.6 is 11.8 Å². The quantitative estimate of drug-likeness (QED) is 0.449. The number of anilines is 1. The average molecular weight is 353 g/mol. The lowest BCUT2D eigenvalue weighted by Gasteiger charge is -2.19. The average Bonchev–Trinajstić information content (AvgIpc) is 2.99. The molecule has 0 unspecified atom stereocenters. The molecule has 0 N–H and O–H groups in total. The SMILES string of the molecule is CCCN1/C(=C\C(=O)c2ccc(C(=O)OC)cc2)Sc2ccccc21. The molecular formula is C20H19NO3S. The van der Waals surface area contributed by atoms with Crippen molar-refractivity contribution in [1.29, 1.82) is 0 Å². The number of allylic oxidation sites excluding steroid dienone is 1. The van der Waals surface area contributed by atoms with Gasteiger partial charge in [0.15, 0.2) is 5.78 Å². The summed E-state index contributed by atoms with van der Waals surface area (Å²) in [5.41, 5.74) is 2.13. The first-order valence-electron chi connectivity index (χ1n) is 8.13. The van der Waals surface area contributed by atoms with Gasteiger partial charge in [-0.25, -0.2) is 4.79 Å². The standard InChI is InChI=1S/C20H19NO3S/c1-3-12-21-16-6-4-5-7-18(16)25-19(21)13-17(22)14-8-10-15(11-9-14)20(23)24-2/h4-11,13H,3,12H2,1-2H3/b19-13+. The number of benzene rings is 2. The Kier molecular flexibility index (Phi) is 5.24. The zero-order valence-corrected chi connectivity index (χ0v) is 15.0. The lowest BCUT2D eigenvalue weighted by Crippen LogP contribution is -2.19. The Bertz CT molecular complexity index is 827. The van der Waals surface area contributed by atoms with E-state index in [2.05, 4.69) is 28.7 Å². The summed E-state index contributed by atoms with van der Waals surface area (Å²) in [4.78, 5) is 27.4. The molecule has 1 heterocycles. The van der Waals surface area contributed by atoms with Gasteiger partial charge in [-0.2, -0.15) is 0 Å². The molecule has 128 valence electrons. The number of methoxy groups -OCH3 is 1. The third-order valence-corrected chi connectivity index (χ3v) is 5.04. The van der Waals surface area contributed by atoms with E-state index in [-0.39, 0.29) is 5.78 Å². The second-order valence-electron chi connectivity index (χ2n) is 5.64. The molecule has 0 aromatic heterocycles. The van der Waals surface area contributed by atoms with Crippen LogP contribution in [0.15, 0.2) is 64.5 Å². The molecule has 2 aromatic carbocycles. The van der Waals surface area contributed by atoms with Crippen LogP contribution < -0.4 is 4.90 Å². The molecule has 0 saturated carbocycles. The minimum atomic E-state index is -0.409. The molecule has 0 amide bonds. The van der Waals surface area contributed by atoms with Gasteiger partial charge in [-0.3, -0.25) is 4.79 Å². The lowest BCUT2D eigenvalue weighted by atomic mass is 10.1. The third-order valence-electron chi connectivity index (χ3n) is 3.93. The van der Waals surface area contributed by atoms with Crippen molar-refractivity contribution in [3.8, 4) is 0 Å². The number of ketones is 1. The van der Waals surface area contributed by atoms with E-state index >= 15 is 0 Å². The van der Waals surface area contributed by atoms with Crippen molar-refractivity contribution in [3.63, 3.8) is 0 Å². The maximum atomic E-state index is 12.6.